The molecule has 0 saturated carbocycles. The Morgan fingerprint density at radius 2 is 2.28 bits per heavy atom. The fourth-order valence-electron chi connectivity index (χ4n) is 3.74. The fraction of sp³-hybridized carbons (Fsp3) is 0.550. The number of aromatic nitrogens is 2. The molecule has 1 fully saturated rings. The quantitative estimate of drug-likeness (QED) is 0.811. The van der Waals surface area contributed by atoms with E-state index in [0.717, 1.165) is 37.4 Å². The van der Waals surface area contributed by atoms with Crippen LogP contribution in [0, 0.1) is 12.8 Å². The maximum Gasteiger partial charge on any atom is 0.124 e. The van der Waals surface area contributed by atoms with Crippen molar-refractivity contribution < 1.29 is 9.84 Å². The minimum Gasteiger partial charge on any atom is -0.494 e. The number of H-pyrrole nitrogens is 1. The third kappa shape index (κ3) is 4.61. The molecule has 136 valence electrons. The van der Waals surface area contributed by atoms with Crippen LogP contribution in [0.5, 0.6) is 5.75 Å². The van der Waals surface area contributed by atoms with Gasteiger partial charge in [0, 0.05) is 24.3 Å². The summed E-state index contributed by atoms with van der Waals surface area (Å²) in [5.41, 5.74) is 4.65. The first-order valence-corrected chi connectivity index (χ1v) is 9.26. The zero-order valence-corrected chi connectivity index (χ0v) is 15.3. The van der Waals surface area contributed by atoms with E-state index in [4.69, 9.17) is 4.74 Å². The van der Waals surface area contributed by atoms with Crippen molar-refractivity contribution >= 4 is 0 Å². The Labute approximate surface area is 150 Å². The van der Waals surface area contributed by atoms with Crippen LogP contribution in [0.3, 0.4) is 0 Å². The van der Waals surface area contributed by atoms with Gasteiger partial charge in [-0.3, -0.25) is 10.00 Å². The van der Waals surface area contributed by atoms with Crippen molar-refractivity contribution in [2.75, 3.05) is 19.7 Å². The Hall–Kier alpha value is -1.85. The average Bonchev–Trinajstić information content (AvgIpc) is 3.01. The number of ether oxygens (including phenoxy) is 1. The molecular weight excluding hydrogens is 314 g/mol. The van der Waals surface area contributed by atoms with Crippen molar-refractivity contribution in [3.63, 3.8) is 0 Å². The Morgan fingerprint density at radius 3 is 3.00 bits per heavy atom. The fourth-order valence-corrected chi connectivity index (χ4v) is 3.74. The number of aliphatic hydroxyl groups is 1. The number of aliphatic hydroxyl groups excluding tert-OH is 1. The van der Waals surface area contributed by atoms with E-state index in [1.807, 2.05) is 19.2 Å². The smallest absolute Gasteiger partial charge is 0.124 e. The van der Waals surface area contributed by atoms with Gasteiger partial charge < -0.3 is 9.84 Å². The van der Waals surface area contributed by atoms with Gasteiger partial charge in [0.15, 0.2) is 0 Å². The summed E-state index contributed by atoms with van der Waals surface area (Å²) in [6.45, 7) is 7.90. The third-order valence-electron chi connectivity index (χ3n) is 5.03. The number of hydrogen-bond donors (Lipinski definition) is 2. The average molecular weight is 343 g/mol. The number of hydrogen-bond acceptors (Lipinski definition) is 4. The lowest BCUT2D eigenvalue weighted by molar-refractivity contribution is 0.166. The van der Waals surface area contributed by atoms with E-state index in [0.29, 0.717) is 12.5 Å². The largest absolute Gasteiger partial charge is 0.494 e. The maximum absolute atomic E-state index is 9.58. The predicted octanol–water partition coefficient (Wildman–Crippen LogP) is 3.06. The van der Waals surface area contributed by atoms with Gasteiger partial charge in [-0.05, 0) is 68.8 Å². The minimum absolute atomic E-state index is 0.0187. The van der Waals surface area contributed by atoms with Crippen LogP contribution < -0.4 is 4.74 Å². The van der Waals surface area contributed by atoms with Crippen molar-refractivity contribution in [2.24, 2.45) is 5.92 Å². The first-order chi connectivity index (χ1) is 12.2. The summed E-state index contributed by atoms with van der Waals surface area (Å²) >= 11 is 0. The number of piperidine rings is 1. The zero-order valence-electron chi connectivity index (χ0n) is 15.3. The second-order valence-electron chi connectivity index (χ2n) is 7.01. The number of aromatic amines is 1. The van der Waals surface area contributed by atoms with E-state index in [2.05, 4.69) is 34.2 Å². The number of rotatable bonds is 7. The predicted molar refractivity (Wildman–Crippen MR) is 98.6 cm³/mol. The zero-order chi connectivity index (χ0) is 17.6. The van der Waals surface area contributed by atoms with Gasteiger partial charge in [-0.2, -0.15) is 5.10 Å². The van der Waals surface area contributed by atoms with Crippen molar-refractivity contribution in [2.45, 2.75) is 46.3 Å². The molecule has 3 rings (SSSR count). The SMILES string of the molecule is CCOc1ccc(CN2CCCC(Cc3[nH]ncc3C)C2)cc1CO. The molecule has 1 saturated heterocycles. The van der Waals surface area contributed by atoms with Crippen molar-refractivity contribution in [1.29, 1.82) is 0 Å². The van der Waals surface area contributed by atoms with Crippen molar-refractivity contribution in [1.82, 2.24) is 15.1 Å². The molecule has 0 spiro atoms. The van der Waals surface area contributed by atoms with E-state index < -0.39 is 0 Å². The summed E-state index contributed by atoms with van der Waals surface area (Å²) in [5.74, 6) is 1.47. The van der Waals surface area contributed by atoms with Gasteiger partial charge in [0.1, 0.15) is 5.75 Å². The summed E-state index contributed by atoms with van der Waals surface area (Å²) in [6, 6.07) is 6.18. The molecule has 1 aromatic heterocycles. The maximum atomic E-state index is 9.58. The number of benzene rings is 1. The van der Waals surface area contributed by atoms with E-state index in [9.17, 15) is 5.11 Å². The van der Waals surface area contributed by atoms with E-state index >= 15 is 0 Å². The Balaban J connectivity index is 1.61. The van der Waals surface area contributed by atoms with E-state index in [1.54, 1.807) is 0 Å². The number of nitrogens with zero attached hydrogens (tertiary/aromatic N) is 2. The second-order valence-corrected chi connectivity index (χ2v) is 7.01. The summed E-state index contributed by atoms with van der Waals surface area (Å²) in [5, 5.41) is 16.9. The topological polar surface area (TPSA) is 61.4 Å². The molecule has 5 heteroatoms. The molecule has 1 aromatic carbocycles. The van der Waals surface area contributed by atoms with E-state index in [-0.39, 0.29) is 6.61 Å². The van der Waals surface area contributed by atoms with Crippen LogP contribution in [0.1, 0.15) is 42.1 Å². The molecule has 2 aromatic rings. The highest BCUT2D eigenvalue weighted by atomic mass is 16.5. The number of likely N-dealkylation sites (tertiary alicyclic amines) is 1. The Kier molecular flexibility index (Phi) is 6.10. The van der Waals surface area contributed by atoms with Crippen LogP contribution in [-0.2, 0) is 19.6 Å². The first kappa shape index (κ1) is 18.0. The molecule has 0 aliphatic carbocycles. The van der Waals surface area contributed by atoms with Gasteiger partial charge in [0.25, 0.3) is 0 Å². The summed E-state index contributed by atoms with van der Waals surface area (Å²) in [7, 11) is 0. The van der Waals surface area contributed by atoms with Crippen molar-refractivity contribution in [3.8, 4) is 5.75 Å². The highest BCUT2D eigenvalue weighted by molar-refractivity contribution is 5.37. The van der Waals surface area contributed by atoms with Crippen LogP contribution in [0.2, 0.25) is 0 Å². The molecule has 0 radical (unpaired) electrons. The lowest BCUT2D eigenvalue weighted by Crippen LogP contribution is -2.35. The lowest BCUT2D eigenvalue weighted by atomic mass is 9.92. The molecule has 0 bridgehead atoms. The number of aryl methyl sites for hydroxylation is 1. The molecule has 5 nitrogen and oxygen atoms in total. The molecule has 2 N–H and O–H groups in total. The van der Waals surface area contributed by atoms with Gasteiger partial charge in [0.05, 0.1) is 19.4 Å². The molecule has 1 aliphatic heterocycles. The Bertz CT molecular complexity index is 683. The monoisotopic (exact) mass is 343 g/mol. The highest BCUT2D eigenvalue weighted by Gasteiger charge is 2.21. The van der Waals surface area contributed by atoms with Gasteiger partial charge in [-0.25, -0.2) is 0 Å². The molecular formula is C20H29N3O2. The highest BCUT2D eigenvalue weighted by Crippen LogP contribution is 2.25. The molecule has 2 heterocycles. The van der Waals surface area contributed by atoms with E-state index in [1.165, 1.54) is 29.7 Å². The van der Waals surface area contributed by atoms with Gasteiger partial charge in [-0.15, -0.1) is 0 Å². The minimum atomic E-state index is 0.0187. The first-order valence-electron chi connectivity index (χ1n) is 9.26. The van der Waals surface area contributed by atoms with Crippen LogP contribution in [0.25, 0.3) is 0 Å². The van der Waals surface area contributed by atoms with Crippen LogP contribution in [-0.4, -0.2) is 39.9 Å². The lowest BCUT2D eigenvalue weighted by Gasteiger charge is -2.32. The molecule has 0 amide bonds. The second kappa shape index (κ2) is 8.50. The third-order valence-corrected chi connectivity index (χ3v) is 5.03. The van der Waals surface area contributed by atoms with Gasteiger partial charge in [0.2, 0.25) is 0 Å². The molecule has 1 unspecified atom stereocenters. The van der Waals surface area contributed by atoms with Crippen LogP contribution in [0.4, 0.5) is 0 Å². The van der Waals surface area contributed by atoms with Gasteiger partial charge in [-0.1, -0.05) is 6.07 Å². The summed E-state index contributed by atoms with van der Waals surface area (Å²) in [4.78, 5) is 2.52. The van der Waals surface area contributed by atoms with Crippen molar-refractivity contribution in [3.05, 3.63) is 46.8 Å². The number of nitrogens with one attached hydrogen (secondary N) is 1. The summed E-state index contributed by atoms with van der Waals surface area (Å²) < 4.78 is 5.58. The van der Waals surface area contributed by atoms with Gasteiger partial charge >= 0.3 is 0 Å². The normalized spacial score (nSPS) is 18.4. The van der Waals surface area contributed by atoms with Crippen LogP contribution in [0.15, 0.2) is 24.4 Å². The molecule has 1 aliphatic rings. The molecule has 25 heavy (non-hydrogen) atoms. The Morgan fingerprint density at radius 1 is 1.40 bits per heavy atom. The van der Waals surface area contributed by atoms with Crippen LogP contribution >= 0.6 is 0 Å². The molecule has 1 atom stereocenters. The summed E-state index contributed by atoms with van der Waals surface area (Å²) in [6.07, 6.45) is 5.50. The standard InChI is InChI=1S/C20H29N3O2/c1-3-25-20-7-6-17(9-18(20)14-24)13-23-8-4-5-16(12-23)10-19-15(2)11-21-22-19/h6-7,9,11,16,24H,3-5,8,10,12-14H2,1-2H3,(H,21,22).